The van der Waals surface area contributed by atoms with E-state index in [0.29, 0.717) is 17.0 Å². The molecule has 1 spiro atoms. The molecule has 7 heteroatoms. The first kappa shape index (κ1) is 20.8. The van der Waals surface area contributed by atoms with E-state index in [2.05, 4.69) is 24.3 Å². The third-order valence-corrected chi connectivity index (χ3v) is 6.60. The van der Waals surface area contributed by atoms with Crippen LogP contribution in [-0.2, 0) is 28.3 Å². The van der Waals surface area contributed by atoms with Gasteiger partial charge >= 0.3 is 0 Å². The van der Waals surface area contributed by atoms with Gasteiger partial charge in [-0.15, -0.1) is 0 Å². The number of fused-ring (bicyclic) bond motifs is 3. The van der Waals surface area contributed by atoms with Crippen molar-refractivity contribution in [1.82, 2.24) is 0 Å². The van der Waals surface area contributed by atoms with Crippen LogP contribution in [0.3, 0.4) is 0 Å². The summed E-state index contributed by atoms with van der Waals surface area (Å²) >= 11 is 6.56. The van der Waals surface area contributed by atoms with Gasteiger partial charge in [0.1, 0.15) is 24.4 Å². The van der Waals surface area contributed by atoms with Crippen LogP contribution in [0.25, 0.3) is 10.8 Å². The monoisotopic (exact) mass is 442 g/mol. The molecule has 0 bridgehead atoms. The molecule has 0 radical (unpaired) electrons. The first-order chi connectivity index (χ1) is 14.9. The minimum Gasteiger partial charge on any atom is -0.394 e. The fraction of sp³-hybridized carbons (Fsp3) is 0.333. The van der Waals surface area contributed by atoms with E-state index < -0.39 is 36.8 Å². The zero-order valence-corrected chi connectivity index (χ0v) is 17.4. The molecule has 6 nitrogen and oxygen atoms in total. The Labute approximate surface area is 184 Å². The lowest BCUT2D eigenvalue weighted by atomic mass is 9.86. The number of rotatable bonds is 3. The summed E-state index contributed by atoms with van der Waals surface area (Å²) in [4.78, 5) is 0. The third-order valence-electron chi connectivity index (χ3n) is 6.25. The van der Waals surface area contributed by atoms with E-state index >= 15 is 0 Å². The Morgan fingerprint density at radius 1 is 0.968 bits per heavy atom. The third kappa shape index (κ3) is 3.36. The van der Waals surface area contributed by atoms with Gasteiger partial charge in [0.15, 0.2) is 0 Å². The van der Waals surface area contributed by atoms with Gasteiger partial charge in [0.25, 0.3) is 0 Å². The SMILES string of the molecule is OC[C@H]1O[C@]2(OCc3cc(Cl)c(Cc4ccc5ccccc5c4)cc32)[C@H](O)[C@@H](O)[C@@H]1O. The second kappa shape index (κ2) is 7.83. The van der Waals surface area contributed by atoms with Crippen molar-refractivity contribution in [3.8, 4) is 0 Å². The Bertz CT molecular complexity index is 1130. The number of halogens is 1. The molecule has 5 rings (SSSR count). The Hall–Kier alpha value is -2.03. The number of ether oxygens (including phenoxy) is 2. The van der Waals surface area contributed by atoms with Crippen LogP contribution in [0.15, 0.2) is 54.6 Å². The second-order valence-electron chi connectivity index (χ2n) is 8.18. The highest BCUT2D eigenvalue weighted by molar-refractivity contribution is 6.31. The van der Waals surface area contributed by atoms with Crippen molar-refractivity contribution in [2.45, 2.75) is 43.2 Å². The average molecular weight is 443 g/mol. The molecule has 3 aromatic rings. The van der Waals surface area contributed by atoms with Gasteiger partial charge in [0, 0.05) is 10.6 Å². The minimum atomic E-state index is -1.68. The fourth-order valence-corrected chi connectivity index (χ4v) is 4.81. The summed E-state index contributed by atoms with van der Waals surface area (Å²) < 4.78 is 11.7. The average Bonchev–Trinajstić information content (AvgIpc) is 3.13. The van der Waals surface area contributed by atoms with Crippen molar-refractivity contribution < 1.29 is 29.9 Å². The molecule has 2 heterocycles. The standard InChI is InChI=1S/C24H23ClO6/c25-19-10-17-12-30-24(23(29)22(28)21(27)20(11-26)31-24)18(17)9-16(19)8-13-5-6-14-3-1-2-4-15(14)7-13/h1-7,9-10,20-23,26-29H,8,11-12H2/t20-,21-,22+,23-,24+/m1/s1. The lowest BCUT2D eigenvalue weighted by Crippen LogP contribution is -2.63. The Morgan fingerprint density at radius 3 is 2.52 bits per heavy atom. The van der Waals surface area contributed by atoms with E-state index in [1.165, 1.54) is 0 Å². The van der Waals surface area contributed by atoms with Gasteiger partial charge in [-0.1, -0.05) is 54.1 Å². The molecule has 2 aliphatic heterocycles. The summed E-state index contributed by atoms with van der Waals surface area (Å²) in [5.74, 6) is -1.68. The molecule has 0 amide bonds. The van der Waals surface area contributed by atoms with Crippen LogP contribution >= 0.6 is 11.6 Å². The molecule has 5 atom stereocenters. The first-order valence-corrected chi connectivity index (χ1v) is 10.6. The lowest BCUT2D eigenvalue weighted by molar-refractivity contribution is -0.368. The Kier molecular flexibility index (Phi) is 5.27. The topological polar surface area (TPSA) is 99.4 Å². The number of aliphatic hydroxyl groups excluding tert-OH is 4. The van der Waals surface area contributed by atoms with Gasteiger partial charge in [-0.25, -0.2) is 0 Å². The molecule has 2 aliphatic rings. The molecule has 0 aliphatic carbocycles. The van der Waals surface area contributed by atoms with Crippen LogP contribution < -0.4 is 0 Å². The van der Waals surface area contributed by atoms with Gasteiger partial charge in [-0.3, -0.25) is 0 Å². The van der Waals surface area contributed by atoms with Crippen LogP contribution in [0.2, 0.25) is 5.02 Å². The molecular formula is C24H23ClO6. The lowest BCUT2D eigenvalue weighted by Gasteiger charge is -2.46. The molecule has 31 heavy (non-hydrogen) atoms. The maximum absolute atomic E-state index is 10.8. The zero-order chi connectivity index (χ0) is 21.8. The number of hydrogen-bond donors (Lipinski definition) is 4. The van der Waals surface area contributed by atoms with E-state index in [1.807, 2.05) is 24.3 Å². The van der Waals surface area contributed by atoms with Crippen LogP contribution in [0.1, 0.15) is 22.3 Å². The smallest absolute Gasteiger partial charge is 0.225 e. The summed E-state index contributed by atoms with van der Waals surface area (Å²) in [5.41, 5.74) is 3.16. The summed E-state index contributed by atoms with van der Waals surface area (Å²) in [7, 11) is 0. The normalized spacial score (nSPS) is 30.1. The van der Waals surface area contributed by atoms with Crippen molar-refractivity contribution >= 4 is 22.4 Å². The predicted octanol–water partition coefficient (Wildman–Crippen LogP) is 2.24. The van der Waals surface area contributed by atoms with E-state index in [0.717, 1.165) is 27.5 Å². The molecule has 0 aromatic heterocycles. The molecule has 162 valence electrons. The van der Waals surface area contributed by atoms with Gasteiger partial charge < -0.3 is 29.9 Å². The predicted molar refractivity (Wildman–Crippen MR) is 115 cm³/mol. The second-order valence-corrected chi connectivity index (χ2v) is 8.59. The zero-order valence-electron chi connectivity index (χ0n) is 16.6. The van der Waals surface area contributed by atoms with Gasteiger partial charge in [0.2, 0.25) is 5.79 Å². The van der Waals surface area contributed by atoms with Crippen molar-refractivity contribution in [3.63, 3.8) is 0 Å². The number of hydrogen-bond acceptors (Lipinski definition) is 6. The fourth-order valence-electron chi connectivity index (χ4n) is 4.55. The molecule has 0 saturated carbocycles. The molecule has 1 saturated heterocycles. The van der Waals surface area contributed by atoms with Gasteiger partial charge in [0.05, 0.1) is 13.2 Å². The van der Waals surface area contributed by atoms with Crippen LogP contribution in [-0.4, -0.2) is 51.4 Å². The Balaban J connectivity index is 1.54. The highest BCUT2D eigenvalue weighted by Gasteiger charge is 2.58. The summed E-state index contributed by atoms with van der Waals surface area (Å²) in [6.07, 6.45) is -5.03. The Morgan fingerprint density at radius 2 is 1.74 bits per heavy atom. The molecule has 3 aromatic carbocycles. The van der Waals surface area contributed by atoms with Crippen LogP contribution in [0, 0.1) is 0 Å². The minimum absolute atomic E-state index is 0.128. The largest absolute Gasteiger partial charge is 0.394 e. The van der Waals surface area contributed by atoms with Crippen LogP contribution in [0.4, 0.5) is 0 Å². The summed E-state index contributed by atoms with van der Waals surface area (Å²) in [6, 6.07) is 17.9. The van der Waals surface area contributed by atoms with E-state index in [1.54, 1.807) is 6.07 Å². The van der Waals surface area contributed by atoms with Crippen molar-refractivity contribution in [1.29, 1.82) is 0 Å². The highest BCUT2D eigenvalue weighted by atomic mass is 35.5. The van der Waals surface area contributed by atoms with Crippen molar-refractivity contribution in [3.05, 3.63) is 81.9 Å². The summed E-state index contributed by atoms with van der Waals surface area (Å²) in [5, 5.41) is 43.7. The number of aliphatic hydroxyl groups is 4. The quantitative estimate of drug-likeness (QED) is 0.496. The maximum Gasteiger partial charge on any atom is 0.225 e. The number of benzene rings is 3. The molecular weight excluding hydrogens is 420 g/mol. The first-order valence-electron chi connectivity index (χ1n) is 10.2. The molecule has 1 fully saturated rings. The highest BCUT2D eigenvalue weighted by Crippen LogP contribution is 2.47. The van der Waals surface area contributed by atoms with Crippen LogP contribution in [0.5, 0.6) is 0 Å². The summed E-state index contributed by atoms with van der Waals surface area (Å²) in [6.45, 7) is -0.397. The van der Waals surface area contributed by atoms with Gasteiger partial charge in [-0.2, -0.15) is 0 Å². The van der Waals surface area contributed by atoms with E-state index in [-0.39, 0.29) is 6.61 Å². The van der Waals surface area contributed by atoms with E-state index in [9.17, 15) is 20.4 Å². The van der Waals surface area contributed by atoms with Gasteiger partial charge in [-0.05, 0) is 46.0 Å². The van der Waals surface area contributed by atoms with Crippen molar-refractivity contribution in [2.24, 2.45) is 0 Å². The molecule has 0 unspecified atom stereocenters. The molecule has 4 N–H and O–H groups in total. The van der Waals surface area contributed by atoms with Crippen molar-refractivity contribution in [2.75, 3.05) is 6.61 Å². The van der Waals surface area contributed by atoms with E-state index in [4.69, 9.17) is 21.1 Å². The maximum atomic E-state index is 10.8.